The summed E-state index contributed by atoms with van der Waals surface area (Å²) in [5.41, 5.74) is 0.351. The van der Waals surface area contributed by atoms with Crippen LogP contribution >= 0.6 is 15.9 Å². The number of carbonyl (C=O) groups excluding carboxylic acids is 1. The van der Waals surface area contributed by atoms with Crippen molar-refractivity contribution >= 4 is 30.5 Å². The summed E-state index contributed by atoms with van der Waals surface area (Å²) in [5.74, 6) is 0.579. The number of carbonyl (C=O) groups is 1. The van der Waals surface area contributed by atoms with Crippen molar-refractivity contribution in [2.45, 2.75) is 38.9 Å². The highest BCUT2D eigenvalue weighted by Crippen LogP contribution is 2.37. The third-order valence-electron chi connectivity index (χ3n) is 3.13. The van der Waals surface area contributed by atoms with E-state index in [1.165, 1.54) is 0 Å². The van der Waals surface area contributed by atoms with Crippen LogP contribution in [0.2, 0.25) is 18.1 Å². The van der Waals surface area contributed by atoms with Crippen LogP contribution in [0, 0.1) is 0 Å². The van der Waals surface area contributed by atoms with E-state index >= 15 is 0 Å². The van der Waals surface area contributed by atoms with Gasteiger partial charge >= 0.3 is 0 Å². The van der Waals surface area contributed by atoms with Crippen molar-refractivity contribution in [2.75, 3.05) is 0 Å². The van der Waals surface area contributed by atoms with Crippen LogP contribution in [0.1, 0.15) is 31.3 Å². The van der Waals surface area contributed by atoms with Crippen LogP contribution in [0.25, 0.3) is 0 Å². The monoisotopic (exact) mass is 315 g/mol. The van der Waals surface area contributed by atoms with Crippen molar-refractivity contribution in [3.63, 3.8) is 0 Å². The molecular weight excluding hydrogens is 298 g/mol. The third kappa shape index (κ3) is 3.39. The maximum absolute atomic E-state index is 11.0. The average Bonchev–Trinajstić information content (AvgIpc) is 2.18. The molecule has 0 aromatic carbocycles. The molecule has 0 spiro atoms. The number of aromatic nitrogens is 1. The molecule has 0 bridgehead atoms. The van der Waals surface area contributed by atoms with Gasteiger partial charge in [0.05, 0.1) is 0 Å². The quantitative estimate of drug-likeness (QED) is 0.480. The summed E-state index contributed by atoms with van der Waals surface area (Å²) in [6.45, 7) is 10.8. The number of rotatable bonds is 3. The largest absolute Gasteiger partial charge is 0.542 e. The Morgan fingerprint density at radius 2 is 1.94 bits per heavy atom. The van der Waals surface area contributed by atoms with E-state index < -0.39 is 8.32 Å². The van der Waals surface area contributed by atoms with Crippen LogP contribution < -0.4 is 4.43 Å². The van der Waals surface area contributed by atoms with Crippen LogP contribution in [0.4, 0.5) is 0 Å². The Morgan fingerprint density at radius 3 is 2.41 bits per heavy atom. The van der Waals surface area contributed by atoms with Crippen molar-refractivity contribution in [3.05, 3.63) is 22.4 Å². The molecule has 1 heterocycles. The summed E-state index contributed by atoms with van der Waals surface area (Å²) < 4.78 is 6.71. The van der Waals surface area contributed by atoms with Gasteiger partial charge in [-0.3, -0.25) is 4.79 Å². The first-order valence-corrected chi connectivity index (χ1v) is 9.18. The van der Waals surface area contributed by atoms with E-state index in [2.05, 4.69) is 54.8 Å². The Morgan fingerprint density at radius 1 is 1.35 bits per heavy atom. The number of pyridine rings is 1. The predicted molar refractivity (Wildman–Crippen MR) is 75.1 cm³/mol. The summed E-state index contributed by atoms with van der Waals surface area (Å²) in [7, 11) is -1.92. The normalized spacial score (nSPS) is 12.4. The van der Waals surface area contributed by atoms with Crippen molar-refractivity contribution in [2.24, 2.45) is 0 Å². The second kappa shape index (κ2) is 4.90. The van der Waals surface area contributed by atoms with Crippen LogP contribution in [-0.2, 0) is 0 Å². The molecule has 0 saturated heterocycles. The molecule has 1 aromatic rings. The second-order valence-corrected chi connectivity index (χ2v) is 11.0. The minimum Gasteiger partial charge on any atom is -0.542 e. The summed E-state index contributed by atoms with van der Waals surface area (Å²) in [4.78, 5) is 15.1. The molecule has 0 amide bonds. The highest BCUT2D eigenvalue weighted by molar-refractivity contribution is 9.10. The topological polar surface area (TPSA) is 39.2 Å². The fraction of sp³-hybridized carbons (Fsp3) is 0.500. The molecule has 0 unspecified atom stereocenters. The molecule has 0 atom stereocenters. The van der Waals surface area contributed by atoms with Crippen molar-refractivity contribution < 1.29 is 9.22 Å². The van der Waals surface area contributed by atoms with E-state index in [1.54, 1.807) is 12.1 Å². The minimum absolute atomic E-state index is 0.0974. The number of nitrogens with zero attached hydrogens (tertiary/aromatic N) is 1. The van der Waals surface area contributed by atoms with E-state index in [0.717, 1.165) is 6.29 Å². The van der Waals surface area contributed by atoms with Crippen molar-refractivity contribution in [1.29, 1.82) is 0 Å². The molecular formula is C12H18BrNO2Si. The molecule has 1 aromatic heterocycles. The molecule has 0 saturated carbocycles. The zero-order chi connectivity index (χ0) is 13.3. The molecule has 1 rings (SSSR count). The minimum atomic E-state index is -1.92. The molecule has 0 aliphatic carbocycles. The summed E-state index contributed by atoms with van der Waals surface area (Å²) in [6, 6.07) is 3.58. The van der Waals surface area contributed by atoms with E-state index in [4.69, 9.17) is 4.43 Å². The zero-order valence-corrected chi connectivity index (χ0v) is 13.5. The number of halogens is 1. The molecule has 17 heavy (non-hydrogen) atoms. The lowest BCUT2D eigenvalue weighted by Crippen LogP contribution is -2.44. The average molecular weight is 316 g/mol. The van der Waals surface area contributed by atoms with Gasteiger partial charge in [-0.2, -0.15) is 0 Å². The van der Waals surface area contributed by atoms with E-state index in [-0.39, 0.29) is 5.04 Å². The smallest absolute Gasteiger partial charge is 0.250 e. The Kier molecular flexibility index (Phi) is 4.14. The Hall–Kier alpha value is -0.683. The van der Waals surface area contributed by atoms with Gasteiger partial charge in [-0.15, -0.1) is 0 Å². The molecule has 0 aliphatic heterocycles. The maximum Gasteiger partial charge on any atom is 0.250 e. The van der Waals surface area contributed by atoms with Crippen molar-refractivity contribution in [1.82, 2.24) is 4.98 Å². The van der Waals surface area contributed by atoms with Crippen LogP contribution in [0.5, 0.6) is 5.75 Å². The van der Waals surface area contributed by atoms with E-state index in [9.17, 15) is 4.79 Å². The van der Waals surface area contributed by atoms with Gasteiger partial charge < -0.3 is 4.43 Å². The van der Waals surface area contributed by atoms with Gasteiger partial charge in [-0.1, -0.05) is 20.8 Å². The molecule has 0 radical (unpaired) electrons. The number of aldehydes is 1. The molecule has 0 N–H and O–H groups in total. The van der Waals surface area contributed by atoms with Gasteiger partial charge in [0.2, 0.25) is 0 Å². The first kappa shape index (κ1) is 14.4. The van der Waals surface area contributed by atoms with Crippen LogP contribution in [-0.4, -0.2) is 19.6 Å². The summed E-state index contributed by atoms with van der Waals surface area (Å²) in [6.07, 6.45) is 0.729. The predicted octanol–water partition coefficient (Wildman–Crippen LogP) is 4.04. The van der Waals surface area contributed by atoms with Gasteiger partial charge in [0.1, 0.15) is 16.0 Å². The van der Waals surface area contributed by atoms with Crippen molar-refractivity contribution in [3.8, 4) is 5.75 Å². The zero-order valence-electron chi connectivity index (χ0n) is 10.9. The lowest BCUT2D eigenvalue weighted by atomic mass is 10.2. The summed E-state index contributed by atoms with van der Waals surface area (Å²) in [5, 5.41) is 0.0974. The molecule has 5 heteroatoms. The first-order valence-electron chi connectivity index (χ1n) is 5.48. The lowest BCUT2D eigenvalue weighted by Gasteiger charge is -2.36. The van der Waals surface area contributed by atoms with Gasteiger partial charge in [0, 0.05) is 0 Å². The second-order valence-electron chi connectivity index (χ2n) is 5.50. The van der Waals surface area contributed by atoms with E-state index in [1.807, 2.05) is 0 Å². The van der Waals surface area contributed by atoms with Gasteiger partial charge in [-0.25, -0.2) is 4.98 Å². The standard InChI is InChI=1S/C12H18BrNO2Si/c1-12(2,3)17(4,5)16-10-6-7-11(13)14-9(10)8-15/h6-8H,1-5H3. The van der Waals surface area contributed by atoms with Crippen LogP contribution in [0.15, 0.2) is 16.7 Å². The third-order valence-corrected chi connectivity index (χ3v) is 7.92. The fourth-order valence-corrected chi connectivity index (χ4v) is 2.39. The SMILES string of the molecule is CC(C)(C)[Si](C)(C)Oc1ccc(Br)nc1C=O. The fourth-order valence-electron chi connectivity index (χ4n) is 1.04. The van der Waals surface area contributed by atoms with Gasteiger partial charge in [0.15, 0.2) is 6.29 Å². The Balaban J connectivity index is 3.07. The number of hydrogen-bond acceptors (Lipinski definition) is 3. The Bertz CT molecular complexity index is 427. The highest BCUT2D eigenvalue weighted by Gasteiger charge is 2.39. The van der Waals surface area contributed by atoms with Crippen LogP contribution in [0.3, 0.4) is 0 Å². The maximum atomic E-state index is 11.0. The van der Waals surface area contributed by atoms with Gasteiger partial charge in [0.25, 0.3) is 8.32 Å². The number of hydrogen-bond donors (Lipinski definition) is 0. The molecule has 0 aliphatic rings. The lowest BCUT2D eigenvalue weighted by molar-refractivity contribution is 0.111. The molecule has 94 valence electrons. The van der Waals surface area contributed by atoms with Gasteiger partial charge in [-0.05, 0) is 46.2 Å². The first-order chi connectivity index (χ1) is 7.67. The molecule has 3 nitrogen and oxygen atoms in total. The Labute approximate surface area is 112 Å². The van der Waals surface area contributed by atoms with E-state index in [0.29, 0.717) is 16.0 Å². The molecule has 0 fully saturated rings. The summed E-state index contributed by atoms with van der Waals surface area (Å²) >= 11 is 3.24. The highest BCUT2D eigenvalue weighted by atomic mass is 79.9.